The molecular formula is C9H15N5O. The second kappa shape index (κ2) is 3.88. The first-order chi connectivity index (χ1) is 7.18. The second-order valence-corrected chi connectivity index (χ2v) is 3.90. The smallest absolute Gasteiger partial charge is 0.291 e. The lowest BCUT2D eigenvalue weighted by molar-refractivity contribution is 0.0723. The molecule has 1 aromatic heterocycles. The van der Waals surface area contributed by atoms with E-state index in [9.17, 15) is 4.79 Å². The Morgan fingerprint density at radius 2 is 2.20 bits per heavy atom. The van der Waals surface area contributed by atoms with Crippen molar-refractivity contribution >= 4 is 11.9 Å². The molecule has 1 aromatic rings. The second-order valence-electron chi connectivity index (χ2n) is 3.90. The Morgan fingerprint density at radius 1 is 1.53 bits per heavy atom. The van der Waals surface area contributed by atoms with Crippen LogP contribution in [-0.4, -0.2) is 39.1 Å². The first kappa shape index (κ1) is 9.95. The van der Waals surface area contributed by atoms with Gasteiger partial charge in [-0.15, -0.1) is 5.10 Å². The fourth-order valence-corrected chi connectivity index (χ4v) is 1.99. The highest BCUT2D eigenvalue weighted by molar-refractivity contribution is 5.90. The monoisotopic (exact) mass is 209 g/mol. The fraction of sp³-hybridized carbons (Fsp3) is 0.667. The fourth-order valence-electron chi connectivity index (χ4n) is 1.99. The normalized spacial score (nSPS) is 16.9. The quantitative estimate of drug-likeness (QED) is 0.738. The summed E-state index contributed by atoms with van der Waals surface area (Å²) in [6.07, 6.45) is 4.54. The minimum absolute atomic E-state index is 0.109. The third-order valence-electron chi connectivity index (χ3n) is 2.90. The highest BCUT2D eigenvalue weighted by atomic mass is 16.2. The summed E-state index contributed by atoms with van der Waals surface area (Å²) in [6, 6.07) is 0.337. The molecule has 1 aliphatic rings. The van der Waals surface area contributed by atoms with E-state index in [2.05, 4.69) is 15.2 Å². The summed E-state index contributed by atoms with van der Waals surface area (Å²) in [6.45, 7) is 0. The third kappa shape index (κ3) is 1.93. The van der Waals surface area contributed by atoms with Crippen LogP contribution in [0.25, 0.3) is 0 Å². The number of aromatic nitrogens is 3. The van der Waals surface area contributed by atoms with Crippen LogP contribution in [0, 0.1) is 0 Å². The molecule has 1 saturated carbocycles. The highest BCUT2D eigenvalue weighted by Gasteiger charge is 2.25. The van der Waals surface area contributed by atoms with E-state index in [-0.39, 0.29) is 17.7 Å². The summed E-state index contributed by atoms with van der Waals surface area (Å²) in [5.41, 5.74) is 5.35. The standard InChI is InChI=1S/C9H15N5O/c1-14(6-4-2-3-5-6)8(15)7-11-9(10)13-12-7/h6H,2-5H2,1H3,(H3,10,11,12,13). The van der Waals surface area contributed by atoms with Gasteiger partial charge in [0.05, 0.1) is 0 Å². The molecule has 0 bridgehead atoms. The number of anilines is 1. The van der Waals surface area contributed by atoms with Crippen LogP contribution in [0.3, 0.4) is 0 Å². The van der Waals surface area contributed by atoms with Crippen LogP contribution >= 0.6 is 0 Å². The molecule has 3 N–H and O–H groups in total. The van der Waals surface area contributed by atoms with Crippen LogP contribution in [0.2, 0.25) is 0 Å². The van der Waals surface area contributed by atoms with Crippen molar-refractivity contribution in [2.24, 2.45) is 0 Å². The Hall–Kier alpha value is -1.59. The molecule has 0 unspecified atom stereocenters. The average molecular weight is 209 g/mol. The Bertz CT molecular complexity index is 355. The summed E-state index contributed by atoms with van der Waals surface area (Å²) < 4.78 is 0. The maximum absolute atomic E-state index is 11.9. The Kier molecular flexibility index (Phi) is 2.57. The SMILES string of the molecule is CN(C(=O)c1nc(N)n[nH]1)C1CCCC1. The number of nitrogens with one attached hydrogen (secondary N) is 1. The third-order valence-corrected chi connectivity index (χ3v) is 2.90. The molecule has 0 spiro atoms. The molecule has 82 valence electrons. The van der Waals surface area contributed by atoms with Gasteiger partial charge in [-0.1, -0.05) is 12.8 Å². The number of hydrogen-bond acceptors (Lipinski definition) is 4. The zero-order chi connectivity index (χ0) is 10.8. The van der Waals surface area contributed by atoms with Gasteiger partial charge < -0.3 is 10.6 Å². The summed E-state index contributed by atoms with van der Waals surface area (Å²) in [4.78, 5) is 17.4. The number of nitrogen functional groups attached to an aromatic ring is 1. The van der Waals surface area contributed by atoms with Gasteiger partial charge >= 0.3 is 0 Å². The molecule has 0 saturated heterocycles. The van der Waals surface area contributed by atoms with Crippen molar-refractivity contribution in [3.05, 3.63) is 5.82 Å². The number of nitrogens with two attached hydrogens (primary N) is 1. The van der Waals surface area contributed by atoms with Gasteiger partial charge in [0, 0.05) is 13.1 Å². The van der Waals surface area contributed by atoms with Gasteiger partial charge in [0.25, 0.3) is 5.91 Å². The largest absolute Gasteiger partial charge is 0.366 e. The Balaban J connectivity index is 2.06. The van der Waals surface area contributed by atoms with Crippen molar-refractivity contribution in [2.75, 3.05) is 12.8 Å². The van der Waals surface area contributed by atoms with E-state index >= 15 is 0 Å². The van der Waals surface area contributed by atoms with Crippen LogP contribution in [0.1, 0.15) is 36.3 Å². The van der Waals surface area contributed by atoms with E-state index in [1.165, 1.54) is 12.8 Å². The Morgan fingerprint density at radius 3 is 2.73 bits per heavy atom. The van der Waals surface area contributed by atoms with E-state index in [0.29, 0.717) is 6.04 Å². The zero-order valence-electron chi connectivity index (χ0n) is 8.73. The lowest BCUT2D eigenvalue weighted by Gasteiger charge is -2.22. The van der Waals surface area contributed by atoms with E-state index in [1.807, 2.05) is 0 Å². The van der Waals surface area contributed by atoms with Crippen molar-refractivity contribution in [2.45, 2.75) is 31.7 Å². The predicted octanol–water partition coefficient (Wildman–Crippen LogP) is 0.401. The maximum atomic E-state index is 11.9. The van der Waals surface area contributed by atoms with Gasteiger partial charge in [-0.3, -0.25) is 9.89 Å². The zero-order valence-corrected chi connectivity index (χ0v) is 8.73. The minimum Gasteiger partial charge on any atom is -0.366 e. The van der Waals surface area contributed by atoms with E-state index in [1.54, 1.807) is 11.9 Å². The molecule has 0 aromatic carbocycles. The van der Waals surface area contributed by atoms with E-state index in [0.717, 1.165) is 12.8 Å². The maximum Gasteiger partial charge on any atom is 0.291 e. The minimum atomic E-state index is -0.133. The van der Waals surface area contributed by atoms with Crippen LogP contribution < -0.4 is 5.73 Å². The molecule has 0 atom stereocenters. The summed E-state index contributed by atoms with van der Waals surface area (Å²) in [5.74, 6) is 0.200. The number of rotatable bonds is 2. The van der Waals surface area contributed by atoms with Crippen LogP contribution in [0.4, 0.5) is 5.95 Å². The number of carbonyl (C=O) groups is 1. The van der Waals surface area contributed by atoms with Gasteiger partial charge in [0.2, 0.25) is 11.8 Å². The van der Waals surface area contributed by atoms with Crippen molar-refractivity contribution in [1.29, 1.82) is 0 Å². The topological polar surface area (TPSA) is 87.9 Å². The van der Waals surface area contributed by atoms with Crippen molar-refractivity contribution in [3.8, 4) is 0 Å². The van der Waals surface area contributed by atoms with Crippen molar-refractivity contribution < 1.29 is 4.79 Å². The molecule has 1 fully saturated rings. The number of H-pyrrole nitrogens is 1. The average Bonchev–Trinajstić information content (AvgIpc) is 2.85. The van der Waals surface area contributed by atoms with Gasteiger partial charge in [0.15, 0.2) is 0 Å². The van der Waals surface area contributed by atoms with Gasteiger partial charge in [-0.05, 0) is 12.8 Å². The van der Waals surface area contributed by atoms with Gasteiger partial charge in [0.1, 0.15) is 0 Å². The van der Waals surface area contributed by atoms with E-state index < -0.39 is 0 Å². The number of hydrogen-bond donors (Lipinski definition) is 2. The first-order valence-electron chi connectivity index (χ1n) is 5.13. The van der Waals surface area contributed by atoms with Gasteiger partial charge in [-0.25, -0.2) is 0 Å². The molecule has 1 heterocycles. The number of carbonyl (C=O) groups excluding carboxylic acids is 1. The molecule has 6 heteroatoms. The molecule has 15 heavy (non-hydrogen) atoms. The Labute approximate surface area is 87.9 Å². The molecule has 0 aliphatic heterocycles. The molecule has 1 amide bonds. The van der Waals surface area contributed by atoms with Crippen LogP contribution in [0.15, 0.2) is 0 Å². The summed E-state index contributed by atoms with van der Waals surface area (Å²) in [5, 5.41) is 6.17. The first-order valence-corrected chi connectivity index (χ1v) is 5.13. The van der Waals surface area contributed by atoms with Gasteiger partial charge in [-0.2, -0.15) is 4.98 Å². The molecule has 1 aliphatic carbocycles. The summed E-state index contributed by atoms with van der Waals surface area (Å²) in [7, 11) is 1.80. The number of aromatic amines is 1. The molecule has 2 rings (SSSR count). The highest BCUT2D eigenvalue weighted by Crippen LogP contribution is 2.23. The number of nitrogens with zero attached hydrogens (tertiary/aromatic N) is 3. The summed E-state index contributed by atoms with van der Waals surface area (Å²) >= 11 is 0. The predicted molar refractivity (Wildman–Crippen MR) is 55.1 cm³/mol. The lowest BCUT2D eigenvalue weighted by Crippen LogP contribution is -2.35. The molecule has 0 radical (unpaired) electrons. The van der Waals surface area contributed by atoms with Crippen LogP contribution in [-0.2, 0) is 0 Å². The molecular weight excluding hydrogens is 194 g/mol. The van der Waals surface area contributed by atoms with Crippen molar-refractivity contribution in [1.82, 2.24) is 20.1 Å². The molecule has 6 nitrogen and oxygen atoms in total. The van der Waals surface area contributed by atoms with Crippen LogP contribution in [0.5, 0.6) is 0 Å². The lowest BCUT2D eigenvalue weighted by atomic mass is 10.2. The van der Waals surface area contributed by atoms with E-state index in [4.69, 9.17) is 5.73 Å². The van der Waals surface area contributed by atoms with Crippen molar-refractivity contribution in [3.63, 3.8) is 0 Å². The number of amides is 1.